The first kappa shape index (κ1) is 20.8. The van der Waals surface area contributed by atoms with Crippen molar-refractivity contribution in [2.45, 2.75) is 38.0 Å². The van der Waals surface area contributed by atoms with Gasteiger partial charge in [-0.15, -0.1) is 0 Å². The highest BCUT2D eigenvalue weighted by Gasteiger charge is 2.12. The molecule has 0 saturated carbocycles. The highest BCUT2D eigenvalue weighted by atomic mass is 32.2. The molecule has 2 rings (SSSR count). The Hall–Kier alpha value is -2.51. The van der Waals surface area contributed by atoms with Crippen molar-refractivity contribution in [3.8, 4) is 0 Å². The quantitative estimate of drug-likeness (QED) is 0.646. The van der Waals surface area contributed by atoms with Crippen molar-refractivity contribution < 1.29 is 18.0 Å². The molecule has 0 spiro atoms. The van der Waals surface area contributed by atoms with Gasteiger partial charge in [-0.2, -0.15) is 0 Å². The molecule has 27 heavy (non-hydrogen) atoms. The summed E-state index contributed by atoms with van der Waals surface area (Å²) in [5.74, 6) is -0.230. The van der Waals surface area contributed by atoms with Crippen LogP contribution in [0.1, 0.15) is 42.6 Å². The van der Waals surface area contributed by atoms with Crippen molar-refractivity contribution >= 4 is 27.4 Å². The Kier molecular flexibility index (Phi) is 7.27. The van der Waals surface area contributed by atoms with Gasteiger partial charge < -0.3 is 5.32 Å². The molecule has 7 heteroatoms. The fourth-order valence-electron chi connectivity index (χ4n) is 2.45. The monoisotopic (exact) mass is 388 g/mol. The predicted octanol–water partition coefficient (Wildman–Crippen LogP) is 3.15. The molecule has 0 saturated heterocycles. The first-order chi connectivity index (χ1) is 12.8. The van der Waals surface area contributed by atoms with Crippen LogP contribution in [0, 0.1) is 0 Å². The third kappa shape index (κ3) is 6.30. The van der Waals surface area contributed by atoms with Gasteiger partial charge in [0.25, 0.3) is 0 Å². The number of carbonyl (C=O) groups excluding carboxylic acids is 2. The van der Waals surface area contributed by atoms with Crippen LogP contribution in [0.3, 0.4) is 0 Å². The number of hydrogen-bond donors (Lipinski definition) is 2. The summed E-state index contributed by atoms with van der Waals surface area (Å²) in [7, 11) is -3.48. The lowest BCUT2D eigenvalue weighted by Crippen LogP contribution is -2.24. The normalized spacial score (nSPS) is 11.2. The van der Waals surface area contributed by atoms with Gasteiger partial charge in [-0.05, 0) is 49.6 Å². The molecule has 0 atom stereocenters. The molecular weight excluding hydrogens is 364 g/mol. The zero-order valence-electron chi connectivity index (χ0n) is 15.5. The molecule has 0 radical (unpaired) electrons. The van der Waals surface area contributed by atoms with E-state index in [1.54, 1.807) is 48.5 Å². The molecule has 0 unspecified atom stereocenters. The Labute approximate surface area is 160 Å². The first-order valence-electron chi connectivity index (χ1n) is 8.81. The average molecular weight is 388 g/mol. The van der Waals surface area contributed by atoms with E-state index in [1.807, 2.05) is 6.92 Å². The van der Waals surface area contributed by atoms with Crippen LogP contribution in [0.15, 0.2) is 53.4 Å². The van der Waals surface area contributed by atoms with E-state index in [9.17, 15) is 18.0 Å². The fourth-order valence-corrected chi connectivity index (χ4v) is 3.59. The topological polar surface area (TPSA) is 92.3 Å². The summed E-state index contributed by atoms with van der Waals surface area (Å²) < 4.78 is 26.6. The second-order valence-electron chi connectivity index (χ2n) is 6.23. The molecule has 144 valence electrons. The summed E-state index contributed by atoms with van der Waals surface area (Å²) in [4.78, 5) is 23.7. The van der Waals surface area contributed by atoms with Crippen LogP contribution < -0.4 is 10.0 Å². The Morgan fingerprint density at radius 2 is 1.74 bits per heavy atom. The molecule has 0 aliphatic heterocycles. The minimum absolute atomic E-state index is 0.0606. The maximum atomic E-state index is 12.1. The van der Waals surface area contributed by atoms with Crippen molar-refractivity contribution in [1.29, 1.82) is 0 Å². The highest BCUT2D eigenvalue weighted by Crippen LogP contribution is 2.14. The number of Topliss-reactive ketones (excluding diaryl/α,β-unsaturated/α-hetero) is 1. The number of ketones is 1. The maximum absolute atomic E-state index is 12.1. The van der Waals surface area contributed by atoms with Gasteiger partial charge in [-0.3, -0.25) is 9.59 Å². The van der Waals surface area contributed by atoms with E-state index in [-0.39, 0.29) is 23.0 Å². The molecule has 0 bridgehead atoms. The Balaban J connectivity index is 1.92. The summed E-state index contributed by atoms with van der Waals surface area (Å²) in [6.07, 6.45) is 1.47. The average Bonchev–Trinajstić information content (AvgIpc) is 2.65. The number of carbonyl (C=O) groups is 2. The molecule has 2 N–H and O–H groups in total. The first-order valence-corrected chi connectivity index (χ1v) is 10.3. The molecular formula is C20H24N2O4S. The lowest BCUT2D eigenvalue weighted by Gasteiger charge is -2.08. The van der Waals surface area contributed by atoms with Crippen LogP contribution in [-0.2, 0) is 21.2 Å². The predicted molar refractivity (Wildman–Crippen MR) is 105 cm³/mol. The minimum atomic E-state index is -3.48. The van der Waals surface area contributed by atoms with Gasteiger partial charge in [-0.25, -0.2) is 13.1 Å². The van der Waals surface area contributed by atoms with Crippen molar-refractivity contribution in [3.05, 3.63) is 59.7 Å². The van der Waals surface area contributed by atoms with Crippen LogP contribution in [0.5, 0.6) is 0 Å². The van der Waals surface area contributed by atoms with Gasteiger partial charge in [0.1, 0.15) is 0 Å². The minimum Gasteiger partial charge on any atom is -0.326 e. The maximum Gasteiger partial charge on any atom is 0.240 e. The molecule has 0 aromatic heterocycles. The van der Waals surface area contributed by atoms with Gasteiger partial charge in [0.05, 0.1) is 4.90 Å². The van der Waals surface area contributed by atoms with Crippen LogP contribution >= 0.6 is 0 Å². The second-order valence-corrected chi connectivity index (χ2v) is 7.99. The number of anilines is 1. The summed E-state index contributed by atoms with van der Waals surface area (Å²) in [6.45, 7) is 3.77. The molecule has 0 aliphatic carbocycles. The number of amides is 1. The summed E-state index contributed by atoms with van der Waals surface area (Å²) >= 11 is 0. The molecule has 2 aromatic carbocycles. The summed E-state index contributed by atoms with van der Waals surface area (Å²) in [6, 6.07) is 13.3. The number of hydrogen-bond acceptors (Lipinski definition) is 4. The Morgan fingerprint density at radius 1 is 1.04 bits per heavy atom. The third-order valence-corrected chi connectivity index (χ3v) is 5.45. The molecule has 0 heterocycles. The molecule has 0 fully saturated rings. The van der Waals surface area contributed by atoms with E-state index in [2.05, 4.69) is 10.0 Å². The van der Waals surface area contributed by atoms with Gasteiger partial charge in [0.2, 0.25) is 15.9 Å². The number of benzene rings is 2. The van der Waals surface area contributed by atoms with Crippen molar-refractivity contribution in [1.82, 2.24) is 4.72 Å². The van der Waals surface area contributed by atoms with Crippen LogP contribution in [0.4, 0.5) is 5.69 Å². The number of nitrogens with one attached hydrogen (secondary N) is 2. The summed E-state index contributed by atoms with van der Waals surface area (Å²) in [5, 5.41) is 2.77. The van der Waals surface area contributed by atoms with Gasteiger partial charge in [-0.1, -0.05) is 31.2 Å². The number of aryl methyl sites for hydroxylation is 1. The van der Waals surface area contributed by atoms with Crippen LogP contribution in [-0.4, -0.2) is 26.7 Å². The van der Waals surface area contributed by atoms with E-state index in [0.29, 0.717) is 24.2 Å². The standard InChI is InChI=1S/C20H24N2O4S/c1-3-13-21-27(25,26)19-10-7-16(8-11-19)9-12-20(24)22-18-6-4-5-17(14-18)15(2)23/h4-8,10-11,14,21H,3,9,12-13H2,1-2H3,(H,22,24). The number of sulfonamides is 1. The fraction of sp³-hybridized carbons (Fsp3) is 0.300. The van der Waals surface area contributed by atoms with Crippen molar-refractivity contribution in [2.75, 3.05) is 11.9 Å². The van der Waals surface area contributed by atoms with Gasteiger partial charge in [0, 0.05) is 24.2 Å². The van der Waals surface area contributed by atoms with Gasteiger partial charge in [0.15, 0.2) is 5.78 Å². The third-order valence-electron chi connectivity index (χ3n) is 3.97. The van der Waals surface area contributed by atoms with Crippen LogP contribution in [0.25, 0.3) is 0 Å². The van der Waals surface area contributed by atoms with Gasteiger partial charge >= 0.3 is 0 Å². The Morgan fingerprint density at radius 3 is 2.37 bits per heavy atom. The lowest BCUT2D eigenvalue weighted by atomic mass is 10.1. The zero-order valence-corrected chi connectivity index (χ0v) is 16.3. The van der Waals surface area contributed by atoms with E-state index >= 15 is 0 Å². The van der Waals surface area contributed by atoms with Crippen molar-refractivity contribution in [3.63, 3.8) is 0 Å². The highest BCUT2D eigenvalue weighted by molar-refractivity contribution is 7.89. The van der Waals surface area contributed by atoms with E-state index in [0.717, 1.165) is 12.0 Å². The van der Waals surface area contributed by atoms with E-state index in [1.165, 1.54) is 6.92 Å². The smallest absolute Gasteiger partial charge is 0.240 e. The molecule has 2 aromatic rings. The SMILES string of the molecule is CCCNS(=O)(=O)c1ccc(CCC(=O)Nc2cccc(C(C)=O)c2)cc1. The second kappa shape index (κ2) is 9.43. The zero-order chi connectivity index (χ0) is 19.9. The number of rotatable bonds is 9. The largest absolute Gasteiger partial charge is 0.326 e. The van der Waals surface area contributed by atoms with Crippen molar-refractivity contribution in [2.24, 2.45) is 0 Å². The van der Waals surface area contributed by atoms with E-state index < -0.39 is 10.0 Å². The molecule has 6 nitrogen and oxygen atoms in total. The lowest BCUT2D eigenvalue weighted by molar-refractivity contribution is -0.116. The summed E-state index contributed by atoms with van der Waals surface area (Å²) in [5.41, 5.74) is 1.99. The molecule has 0 aliphatic rings. The Bertz CT molecular complexity index is 906. The van der Waals surface area contributed by atoms with E-state index in [4.69, 9.17) is 0 Å². The molecule has 1 amide bonds. The van der Waals surface area contributed by atoms with Crippen LogP contribution in [0.2, 0.25) is 0 Å².